The Hall–Kier alpha value is -1.41. The molecule has 1 aromatic heterocycles. The predicted molar refractivity (Wildman–Crippen MR) is 92.4 cm³/mol. The van der Waals surface area contributed by atoms with Gasteiger partial charge in [0.1, 0.15) is 11.2 Å². The van der Waals surface area contributed by atoms with Gasteiger partial charge in [0.05, 0.1) is 0 Å². The van der Waals surface area contributed by atoms with Crippen LogP contribution in [-0.4, -0.2) is 0 Å². The van der Waals surface area contributed by atoms with E-state index < -0.39 is 0 Å². The third-order valence-electron chi connectivity index (χ3n) is 4.80. The highest BCUT2D eigenvalue weighted by molar-refractivity contribution is 7.18. The van der Waals surface area contributed by atoms with Crippen LogP contribution in [0.15, 0.2) is 41.5 Å². The van der Waals surface area contributed by atoms with Crippen LogP contribution in [0.1, 0.15) is 39.1 Å². The van der Waals surface area contributed by atoms with Crippen molar-refractivity contribution in [3.63, 3.8) is 0 Å². The average molecular weight is 298 g/mol. The van der Waals surface area contributed by atoms with Crippen molar-refractivity contribution in [2.45, 2.75) is 40.7 Å². The molecule has 2 atom stereocenters. The van der Waals surface area contributed by atoms with Crippen molar-refractivity contribution >= 4 is 27.6 Å². The highest BCUT2D eigenvalue weighted by Gasteiger charge is 2.22. The summed E-state index contributed by atoms with van der Waals surface area (Å²) in [5, 5.41) is 1.37. The second-order valence-corrected chi connectivity index (χ2v) is 7.29. The molecule has 2 aromatic rings. The largest absolute Gasteiger partial charge is 0.263 e. The quantitative estimate of drug-likeness (QED) is 0.670. The predicted octanol–water partition coefficient (Wildman–Crippen LogP) is 5.21. The molecular formula is C19H24NS+. The van der Waals surface area contributed by atoms with Crippen LogP contribution in [0.2, 0.25) is 0 Å². The third-order valence-corrected chi connectivity index (χ3v) is 5.92. The molecule has 0 saturated carbocycles. The number of hydrogen-bond acceptors (Lipinski definition) is 1. The van der Waals surface area contributed by atoms with Crippen molar-refractivity contribution in [1.82, 2.24) is 0 Å². The number of rotatable bonds is 2. The van der Waals surface area contributed by atoms with Crippen molar-refractivity contribution < 1.29 is 4.57 Å². The summed E-state index contributed by atoms with van der Waals surface area (Å²) >= 11 is 1.90. The Morgan fingerprint density at radius 3 is 2.76 bits per heavy atom. The van der Waals surface area contributed by atoms with Crippen molar-refractivity contribution in [2.75, 3.05) is 0 Å². The number of fused-ring (bicyclic) bond motifs is 1. The number of hydrogen-bond donors (Lipinski definition) is 0. The molecule has 0 fully saturated rings. The SMILES string of the molecule is CC[n+]1c(/C=C2/C=C(C)[C@@H](C)[C@H](C)C2)sc2ccccc21. The van der Waals surface area contributed by atoms with E-state index in [9.17, 15) is 0 Å². The summed E-state index contributed by atoms with van der Waals surface area (Å²) in [6.07, 6.45) is 5.99. The normalized spacial score (nSPS) is 24.6. The summed E-state index contributed by atoms with van der Waals surface area (Å²) in [5.41, 5.74) is 4.35. The van der Waals surface area contributed by atoms with Crippen LogP contribution in [0.5, 0.6) is 0 Å². The van der Waals surface area contributed by atoms with E-state index in [0.717, 1.165) is 12.5 Å². The summed E-state index contributed by atoms with van der Waals surface area (Å²) in [7, 11) is 0. The number of aryl methyl sites for hydroxylation is 1. The summed E-state index contributed by atoms with van der Waals surface area (Å²) in [6.45, 7) is 10.2. The molecule has 110 valence electrons. The average Bonchev–Trinajstić information content (AvgIpc) is 2.81. The molecule has 3 rings (SSSR count). The Morgan fingerprint density at radius 1 is 1.29 bits per heavy atom. The number of allylic oxidation sites excluding steroid dienone is 3. The van der Waals surface area contributed by atoms with E-state index >= 15 is 0 Å². The minimum absolute atomic E-state index is 0.711. The molecule has 0 saturated heterocycles. The molecule has 0 bridgehead atoms. The Labute approximate surface area is 131 Å². The minimum Gasteiger partial charge on any atom is -0.182 e. The van der Waals surface area contributed by atoms with E-state index in [1.54, 1.807) is 0 Å². The van der Waals surface area contributed by atoms with E-state index in [1.165, 1.54) is 32.8 Å². The molecule has 0 spiro atoms. The summed E-state index contributed by atoms with van der Waals surface area (Å²) in [5.74, 6) is 1.45. The zero-order valence-electron chi connectivity index (χ0n) is 13.4. The van der Waals surface area contributed by atoms with Crippen LogP contribution < -0.4 is 4.57 Å². The minimum atomic E-state index is 0.711. The molecule has 1 heterocycles. The Kier molecular flexibility index (Phi) is 3.99. The zero-order valence-corrected chi connectivity index (χ0v) is 14.2. The molecule has 1 nitrogen and oxygen atoms in total. The lowest BCUT2D eigenvalue weighted by molar-refractivity contribution is -0.665. The van der Waals surface area contributed by atoms with Gasteiger partial charge in [-0.2, -0.15) is 4.57 Å². The van der Waals surface area contributed by atoms with Crippen molar-refractivity contribution in [3.05, 3.63) is 46.5 Å². The Balaban J connectivity index is 2.07. The fourth-order valence-electron chi connectivity index (χ4n) is 3.23. The maximum atomic E-state index is 2.43. The van der Waals surface area contributed by atoms with Crippen LogP contribution in [-0.2, 0) is 6.54 Å². The van der Waals surface area contributed by atoms with Crippen LogP contribution in [0.3, 0.4) is 0 Å². The number of thiazole rings is 1. The smallest absolute Gasteiger partial charge is 0.182 e. The van der Waals surface area contributed by atoms with Crippen molar-refractivity contribution in [3.8, 4) is 0 Å². The van der Waals surface area contributed by atoms with Gasteiger partial charge in [0.15, 0.2) is 0 Å². The van der Waals surface area contributed by atoms with Crippen LogP contribution in [0, 0.1) is 11.8 Å². The fourth-order valence-corrected chi connectivity index (χ4v) is 4.43. The second kappa shape index (κ2) is 5.76. The summed E-state index contributed by atoms with van der Waals surface area (Å²) in [6, 6.07) is 8.71. The van der Waals surface area contributed by atoms with Crippen molar-refractivity contribution in [2.24, 2.45) is 11.8 Å². The van der Waals surface area contributed by atoms with E-state index in [-0.39, 0.29) is 0 Å². The second-order valence-electron chi connectivity index (χ2n) is 6.23. The number of benzene rings is 1. The van der Waals surface area contributed by atoms with Gasteiger partial charge in [-0.1, -0.05) is 49.0 Å². The first-order valence-electron chi connectivity index (χ1n) is 7.90. The van der Waals surface area contributed by atoms with Crippen molar-refractivity contribution in [1.29, 1.82) is 0 Å². The molecule has 1 aliphatic rings. The summed E-state index contributed by atoms with van der Waals surface area (Å²) < 4.78 is 3.81. The molecular weight excluding hydrogens is 274 g/mol. The number of aromatic nitrogens is 1. The highest BCUT2D eigenvalue weighted by Crippen LogP contribution is 2.34. The fraction of sp³-hybridized carbons (Fsp3) is 0.421. The molecule has 21 heavy (non-hydrogen) atoms. The van der Waals surface area contributed by atoms with Crippen LogP contribution >= 0.6 is 11.3 Å². The molecule has 0 N–H and O–H groups in total. The van der Waals surface area contributed by atoms with Gasteiger partial charge in [0.2, 0.25) is 5.52 Å². The lowest BCUT2D eigenvalue weighted by Gasteiger charge is -2.26. The van der Waals surface area contributed by atoms with Gasteiger partial charge in [0, 0.05) is 12.1 Å². The zero-order chi connectivity index (χ0) is 15.0. The third kappa shape index (κ3) is 2.69. The molecule has 0 aliphatic heterocycles. The standard InChI is InChI=1S/C19H24NS/c1-5-20-17-8-6-7-9-18(17)21-19(20)12-16-10-13(2)15(4)14(3)11-16/h6-10,12,14-15H,5,11H2,1-4H3/q+1/b16-12-/t14-,15-/m1/s1. The maximum absolute atomic E-state index is 2.43. The lowest BCUT2D eigenvalue weighted by Crippen LogP contribution is -2.33. The first kappa shape index (κ1) is 14.5. The molecule has 1 aliphatic carbocycles. The van der Waals surface area contributed by atoms with Gasteiger partial charge in [0.25, 0.3) is 5.01 Å². The van der Waals surface area contributed by atoms with Crippen LogP contribution in [0.25, 0.3) is 16.3 Å². The van der Waals surface area contributed by atoms with E-state index in [0.29, 0.717) is 5.92 Å². The monoisotopic (exact) mass is 298 g/mol. The van der Waals surface area contributed by atoms with E-state index in [4.69, 9.17) is 0 Å². The molecule has 0 unspecified atom stereocenters. The molecule has 1 aromatic carbocycles. The highest BCUT2D eigenvalue weighted by atomic mass is 32.1. The van der Waals surface area contributed by atoms with Gasteiger partial charge >= 0.3 is 0 Å². The molecule has 0 radical (unpaired) electrons. The molecule has 2 heteroatoms. The van der Waals surface area contributed by atoms with Gasteiger partial charge in [-0.25, -0.2) is 0 Å². The number of nitrogens with zero attached hydrogens (tertiary/aromatic N) is 1. The van der Waals surface area contributed by atoms with Crippen LogP contribution in [0.4, 0.5) is 0 Å². The maximum Gasteiger partial charge on any atom is 0.263 e. The van der Waals surface area contributed by atoms with Gasteiger partial charge in [-0.05, 0) is 43.7 Å². The van der Waals surface area contributed by atoms with E-state index in [1.807, 2.05) is 11.3 Å². The van der Waals surface area contributed by atoms with Gasteiger partial charge in [-0.15, -0.1) is 0 Å². The molecule has 0 amide bonds. The topological polar surface area (TPSA) is 3.88 Å². The summed E-state index contributed by atoms with van der Waals surface area (Å²) in [4.78, 5) is 0. The first-order chi connectivity index (χ1) is 10.1. The Bertz CT molecular complexity index is 720. The number of para-hydroxylation sites is 1. The van der Waals surface area contributed by atoms with Gasteiger partial charge in [-0.3, -0.25) is 0 Å². The Morgan fingerprint density at radius 2 is 2.05 bits per heavy atom. The van der Waals surface area contributed by atoms with Gasteiger partial charge < -0.3 is 0 Å². The first-order valence-corrected chi connectivity index (χ1v) is 8.72. The van der Waals surface area contributed by atoms with E-state index in [2.05, 4.69) is 68.7 Å². The lowest BCUT2D eigenvalue weighted by atomic mass is 9.79.